The van der Waals surface area contributed by atoms with Gasteiger partial charge in [0.1, 0.15) is 0 Å². The van der Waals surface area contributed by atoms with E-state index in [0.29, 0.717) is 6.54 Å². The van der Waals surface area contributed by atoms with Crippen molar-refractivity contribution in [3.63, 3.8) is 0 Å². The van der Waals surface area contributed by atoms with Crippen LogP contribution in [0.15, 0.2) is 24.3 Å². The zero-order valence-electron chi connectivity index (χ0n) is 14.9. The standard InChI is InChI=1S/C19H27N3O2/c1-4-22-14-19(16-8-6-5-7-15(16)18(22)24)9-11-21(12-10-19)13-17(23)20(2)3/h5-8H,4,9-14H2,1-3H3. The number of hydrogen-bond acceptors (Lipinski definition) is 3. The predicted molar refractivity (Wildman–Crippen MR) is 94.1 cm³/mol. The van der Waals surface area contributed by atoms with E-state index in [4.69, 9.17) is 0 Å². The molecule has 2 amide bonds. The van der Waals surface area contributed by atoms with Crippen molar-refractivity contribution in [2.75, 3.05) is 46.8 Å². The number of piperidine rings is 1. The normalized spacial score (nSPS) is 20.1. The van der Waals surface area contributed by atoms with E-state index in [2.05, 4.69) is 11.0 Å². The van der Waals surface area contributed by atoms with Crippen molar-refractivity contribution in [3.8, 4) is 0 Å². The molecular formula is C19H27N3O2. The third-order valence-electron chi connectivity index (χ3n) is 5.56. The van der Waals surface area contributed by atoms with E-state index in [1.807, 2.05) is 30.0 Å². The third-order valence-corrected chi connectivity index (χ3v) is 5.56. The van der Waals surface area contributed by atoms with Crippen LogP contribution in [0.1, 0.15) is 35.7 Å². The number of benzene rings is 1. The van der Waals surface area contributed by atoms with Crippen LogP contribution in [0.25, 0.3) is 0 Å². The van der Waals surface area contributed by atoms with Crippen LogP contribution in [0.4, 0.5) is 0 Å². The number of carbonyl (C=O) groups excluding carboxylic acids is 2. The molecule has 3 rings (SSSR count). The van der Waals surface area contributed by atoms with Gasteiger partial charge in [-0.2, -0.15) is 0 Å². The topological polar surface area (TPSA) is 43.9 Å². The van der Waals surface area contributed by atoms with Gasteiger partial charge in [-0.3, -0.25) is 14.5 Å². The van der Waals surface area contributed by atoms with Gasteiger partial charge in [-0.15, -0.1) is 0 Å². The fourth-order valence-electron chi connectivity index (χ4n) is 3.98. The zero-order chi connectivity index (χ0) is 17.3. The summed E-state index contributed by atoms with van der Waals surface area (Å²) in [6.45, 7) is 5.89. The Labute approximate surface area is 144 Å². The summed E-state index contributed by atoms with van der Waals surface area (Å²) in [5.74, 6) is 0.310. The van der Waals surface area contributed by atoms with E-state index in [9.17, 15) is 9.59 Å². The Balaban J connectivity index is 1.80. The number of carbonyl (C=O) groups is 2. The third kappa shape index (κ3) is 2.93. The smallest absolute Gasteiger partial charge is 0.254 e. The summed E-state index contributed by atoms with van der Waals surface area (Å²) >= 11 is 0. The highest BCUT2D eigenvalue weighted by Gasteiger charge is 2.44. The fraction of sp³-hybridized carbons (Fsp3) is 0.579. The van der Waals surface area contributed by atoms with Crippen molar-refractivity contribution in [2.24, 2.45) is 0 Å². The molecule has 1 aromatic carbocycles. The van der Waals surface area contributed by atoms with Crippen LogP contribution in [-0.4, -0.2) is 73.3 Å². The molecule has 1 aromatic rings. The van der Waals surface area contributed by atoms with E-state index < -0.39 is 0 Å². The van der Waals surface area contributed by atoms with E-state index in [0.717, 1.165) is 44.6 Å². The summed E-state index contributed by atoms with van der Waals surface area (Å²) in [5, 5.41) is 0. The minimum absolute atomic E-state index is 0.0399. The lowest BCUT2D eigenvalue weighted by atomic mass is 9.68. The number of amides is 2. The molecule has 0 saturated carbocycles. The lowest BCUT2D eigenvalue weighted by Gasteiger charge is -2.48. The van der Waals surface area contributed by atoms with Crippen LogP contribution < -0.4 is 0 Å². The van der Waals surface area contributed by atoms with Gasteiger partial charge in [0.25, 0.3) is 5.91 Å². The van der Waals surface area contributed by atoms with E-state index in [1.54, 1.807) is 19.0 Å². The van der Waals surface area contributed by atoms with Gasteiger partial charge in [-0.1, -0.05) is 18.2 Å². The number of likely N-dealkylation sites (N-methyl/N-ethyl adjacent to an activating group) is 2. The number of fused-ring (bicyclic) bond motifs is 2. The van der Waals surface area contributed by atoms with Gasteiger partial charge in [-0.25, -0.2) is 0 Å². The molecule has 0 atom stereocenters. The Morgan fingerprint density at radius 2 is 1.88 bits per heavy atom. The van der Waals surface area contributed by atoms with Gasteiger partial charge < -0.3 is 9.80 Å². The van der Waals surface area contributed by atoms with Gasteiger partial charge in [0.15, 0.2) is 0 Å². The first-order valence-electron chi connectivity index (χ1n) is 8.78. The molecule has 5 heteroatoms. The molecule has 5 nitrogen and oxygen atoms in total. The maximum atomic E-state index is 12.6. The average molecular weight is 329 g/mol. The van der Waals surface area contributed by atoms with Gasteiger partial charge >= 0.3 is 0 Å². The summed E-state index contributed by atoms with van der Waals surface area (Å²) in [6.07, 6.45) is 1.99. The Morgan fingerprint density at radius 3 is 2.50 bits per heavy atom. The van der Waals surface area contributed by atoms with Crippen LogP contribution in [0, 0.1) is 0 Å². The predicted octanol–water partition coefficient (Wildman–Crippen LogP) is 1.58. The lowest BCUT2D eigenvalue weighted by molar-refractivity contribution is -0.130. The summed E-state index contributed by atoms with van der Waals surface area (Å²) in [4.78, 5) is 30.4. The van der Waals surface area contributed by atoms with E-state index in [-0.39, 0.29) is 17.2 Å². The summed E-state index contributed by atoms with van der Waals surface area (Å²) in [6, 6.07) is 8.08. The highest BCUT2D eigenvalue weighted by Crippen LogP contribution is 2.41. The molecule has 0 radical (unpaired) electrons. The molecule has 2 aliphatic heterocycles. The number of likely N-dealkylation sites (tertiary alicyclic amines) is 1. The Morgan fingerprint density at radius 1 is 1.21 bits per heavy atom. The van der Waals surface area contributed by atoms with Crippen molar-refractivity contribution in [1.29, 1.82) is 0 Å². The number of hydrogen-bond donors (Lipinski definition) is 0. The van der Waals surface area contributed by atoms with Crippen molar-refractivity contribution >= 4 is 11.8 Å². The molecule has 1 saturated heterocycles. The maximum Gasteiger partial charge on any atom is 0.254 e. The molecule has 0 unspecified atom stereocenters. The molecule has 2 heterocycles. The molecular weight excluding hydrogens is 302 g/mol. The largest absolute Gasteiger partial charge is 0.348 e. The van der Waals surface area contributed by atoms with E-state index in [1.165, 1.54) is 5.56 Å². The van der Waals surface area contributed by atoms with Gasteiger partial charge in [0.2, 0.25) is 5.91 Å². The second-order valence-electron chi connectivity index (χ2n) is 7.21. The quantitative estimate of drug-likeness (QED) is 0.846. The lowest BCUT2D eigenvalue weighted by Crippen LogP contribution is -2.55. The van der Waals surface area contributed by atoms with Crippen LogP contribution in [0.3, 0.4) is 0 Å². The average Bonchev–Trinajstić information content (AvgIpc) is 2.60. The van der Waals surface area contributed by atoms with Crippen molar-refractivity contribution in [3.05, 3.63) is 35.4 Å². The second kappa shape index (κ2) is 6.55. The van der Waals surface area contributed by atoms with Crippen LogP contribution >= 0.6 is 0 Å². The van der Waals surface area contributed by atoms with Crippen LogP contribution in [0.5, 0.6) is 0 Å². The SMILES string of the molecule is CCN1CC2(CCN(CC(=O)N(C)C)CC2)c2ccccc2C1=O. The molecule has 1 spiro atoms. The van der Waals surface area contributed by atoms with Gasteiger partial charge in [0.05, 0.1) is 6.54 Å². The highest BCUT2D eigenvalue weighted by molar-refractivity contribution is 5.97. The molecule has 0 bridgehead atoms. The van der Waals surface area contributed by atoms with E-state index >= 15 is 0 Å². The minimum atomic E-state index is 0.0399. The molecule has 0 aromatic heterocycles. The summed E-state index contributed by atoms with van der Waals surface area (Å²) in [7, 11) is 3.60. The van der Waals surface area contributed by atoms with Crippen molar-refractivity contribution in [1.82, 2.24) is 14.7 Å². The molecule has 0 aliphatic carbocycles. The summed E-state index contributed by atoms with van der Waals surface area (Å²) < 4.78 is 0. The first kappa shape index (κ1) is 17.0. The highest BCUT2D eigenvalue weighted by atomic mass is 16.2. The van der Waals surface area contributed by atoms with Crippen LogP contribution in [-0.2, 0) is 10.2 Å². The Kier molecular flexibility index (Phi) is 4.63. The molecule has 0 N–H and O–H groups in total. The Hall–Kier alpha value is -1.88. The minimum Gasteiger partial charge on any atom is -0.348 e. The first-order valence-corrected chi connectivity index (χ1v) is 8.78. The summed E-state index contributed by atoms with van der Waals surface area (Å²) in [5.41, 5.74) is 2.11. The van der Waals surface area contributed by atoms with Gasteiger partial charge in [-0.05, 0) is 44.5 Å². The molecule has 1 fully saturated rings. The van der Waals surface area contributed by atoms with Crippen molar-refractivity contribution in [2.45, 2.75) is 25.2 Å². The zero-order valence-corrected chi connectivity index (χ0v) is 14.9. The maximum absolute atomic E-state index is 12.6. The number of rotatable bonds is 3. The number of nitrogens with zero attached hydrogens (tertiary/aromatic N) is 3. The first-order chi connectivity index (χ1) is 11.5. The molecule has 24 heavy (non-hydrogen) atoms. The Bertz CT molecular complexity index is 633. The molecule has 2 aliphatic rings. The fourth-order valence-corrected chi connectivity index (χ4v) is 3.98. The van der Waals surface area contributed by atoms with Crippen molar-refractivity contribution < 1.29 is 9.59 Å². The second-order valence-corrected chi connectivity index (χ2v) is 7.21. The van der Waals surface area contributed by atoms with Crippen LogP contribution in [0.2, 0.25) is 0 Å². The monoisotopic (exact) mass is 329 g/mol. The molecule has 130 valence electrons. The van der Waals surface area contributed by atoms with Gasteiger partial charge in [0, 0.05) is 38.2 Å².